The lowest BCUT2D eigenvalue weighted by Crippen LogP contribution is -2.13. The van der Waals surface area contributed by atoms with E-state index in [4.69, 9.17) is 11.5 Å². The van der Waals surface area contributed by atoms with Crippen LogP contribution in [0.5, 0.6) is 0 Å². The Kier molecular flexibility index (Phi) is 3.17. The second-order valence-corrected chi connectivity index (χ2v) is 5.47. The molecule has 0 unspecified atom stereocenters. The van der Waals surface area contributed by atoms with Gasteiger partial charge in [0.2, 0.25) is 0 Å². The third-order valence-corrected chi connectivity index (χ3v) is 4.03. The average molecular weight is 250 g/mol. The van der Waals surface area contributed by atoms with Crippen molar-refractivity contribution in [1.29, 1.82) is 0 Å². The number of anilines is 1. The molecule has 0 atom stereocenters. The van der Waals surface area contributed by atoms with Crippen LogP contribution in [0.4, 0.5) is 5.69 Å². The second kappa shape index (κ2) is 4.59. The Labute approximate surface area is 101 Å². The quantitative estimate of drug-likeness (QED) is 0.823. The summed E-state index contributed by atoms with van der Waals surface area (Å²) in [6, 6.07) is 9.32. The third-order valence-electron chi connectivity index (χ3n) is 2.00. The Morgan fingerprint density at radius 1 is 1.31 bits per heavy atom. The minimum atomic E-state index is -0.494. The van der Waals surface area contributed by atoms with E-state index in [1.807, 2.05) is 23.6 Å². The lowest BCUT2D eigenvalue weighted by Gasteiger charge is -2.04. The minimum absolute atomic E-state index is 0.376. The average Bonchev–Trinajstić information content (AvgIpc) is 2.73. The lowest BCUT2D eigenvalue weighted by molar-refractivity contribution is 0.100. The molecule has 0 aliphatic carbocycles. The summed E-state index contributed by atoms with van der Waals surface area (Å²) < 4.78 is 1.17. The molecule has 0 saturated carbocycles. The van der Waals surface area contributed by atoms with Crippen molar-refractivity contribution in [3.05, 3.63) is 41.3 Å². The van der Waals surface area contributed by atoms with Crippen molar-refractivity contribution in [3.63, 3.8) is 0 Å². The first-order chi connectivity index (χ1) is 7.66. The number of carbonyl (C=O) groups excluding carboxylic acids is 1. The standard InChI is InChI=1S/C11H10N2OS2/c12-9-4-3-7(6-8(9)11(13)14)16-10-2-1-5-15-10/h1-6H,12H2,(H2,13,14). The Hall–Kier alpha value is -1.46. The maximum Gasteiger partial charge on any atom is 0.250 e. The number of thiophene rings is 1. The molecule has 0 saturated heterocycles. The second-order valence-electron chi connectivity index (χ2n) is 3.15. The number of hydrogen-bond acceptors (Lipinski definition) is 4. The first kappa shape index (κ1) is 11.0. The Morgan fingerprint density at radius 3 is 2.75 bits per heavy atom. The monoisotopic (exact) mass is 250 g/mol. The lowest BCUT2D eigenvalue weighted by atomic mass is 10.2. The fraction of sp³-hybridized carbons (Fsp3) is 0. The summed E-state index contributed by atoms with van der Waals surface area (Å²) >= 11 is 3.24. The number of nitrogen functional groups attached to an aromatic ring is 1. The number of rotatable bonds is 3. The fourth-order valence-corrected chi connectivity index (χ4v) is 3.04. The predicted octanol–water partition coefficient (Wildman–Crippen LogP) is 2.58. The molecule has 0 radical (unpaired) electrons. The van der Waals surface area contributed by atoms with Crippen LogP contribution in [-0.4, -0.2) is 5.91 Å². The van der Waals surface area contributed by atoms with Gasteiger partial charge in [0.1, 0.15) is 0 Å². The van der Waals surface area contributed by atoms with E-state index in [2.05, 4.69) is 0 Å². The topological polar surface area (TPSA) is 69.1 Å². The molecule has 5 heteroatoms. The maximum atomic E-state index is 11.1. The molecular formula is C11H10N2OS2. The molecule has 4 N–H and O–H groups in total. The van der Waals surface area contributed by atoms with Gasteiger partial charge in [-0.1, -0.05) is 17.8 Å². The minimum Gasteiger partial charge on any atom is -0.398 e. The number of carbonyl (C=O) groups is 1. The molecule has 82 valence electrons. The van der Waals surface area contributed by atoms with Crippen molar-refractivity contribution in [2.45, 2.75) is 9.10 Å². The molecule has 3 nitrogen and oxygen atoms in total. The van der Waals surface area contributed by atoms with Crippen molar-refractivity contribution >= 4 is 34.7 Å². The van der Waals surface area contributed by atoms with Gasteiger partial charge < -0.3 is 11.5 Å². The van der Waals surface area contributed by atoms with Crippen molar-refractivity contribution in [2.24, 2.45) is 5.73 Å². The van der Waals surface area contributed by atoms with Crippen LogP contribution in [0.1, 0.15) is 10.4 Å². The molecule has 0 aliphatic rings. The van der Waals surface area contributed by atoms with E-state index in [9.17, 15) is 4.79 Å². The number of nitrogens with two attached hydrogens (primary N) is 2. The molecule has 2 aromatic rings. The molecule has 1 aromatic carbocycles. The molecule has 0 bridgehead atoms. The Balaban J connectivity index is 2.29. The SMILES string of the molecule is NC(=O)c1cc(Sc2cccs2)ccc1N. The highest BCUT2D eigenvalue weighted by molar-refractivity contribution is 8.01. The summed E-state index contributed by atoms with van der Waals surface area (Å²) in [6.07, 6.45) is 0. The van der Waals surface area contributed by atoms with Gasteiger partial charge in [0.25, 0.3) is 5.91 Å². The molecule has 1 aromatic heterocycles. The van der Waals surface area contributed by atoms with Crippen LogP contribution in [0.15, 0.2) is 44.8 Å². The van der Waals surface area contributed by atoms with Crippen LogP contribution >= 0.6 is 23.1 Å². The fourth-order valence-electron chi connectivity index (χ4n) is 1.25. The van der Waals surface area contributed by atoms with Gasteiger partial charge in [-0.3, -0.25) is 4.79 Å². The largest absolute Gasteiger partial charge is 0.398 e. The Morgan fingerprint density at radius 2 is 2.12 bits per heavy atom. The van der Waals surface area contributed by atoms with Crippen LogP contribution < -0.4 is 11.5 Å². The Bertz CT molecular complexity index is 509. The van der Waals surface area contributed by atoms with Crippen molar-refractivity contribution in [2.75, 3.05) is 5.73 Å². The van der Waals surface area contributed by atoms with E-state index in [1.165, 1.54) is 4.21 Å². The zero-order chi connectivity index (χ0) is 11.5. The third kappa shape index (κ3) is 2.37. The van der Waals surface area contributed by atoms with Gasteiger partial charge in [0, 0.05) is 10.6 Å². The highest BCUT2D eigenvalue weighted by Gasteiger charge is 2.07. The maximum absolute atomic E-state index is 11.1. The molecule has 1 amide bonds. The van der Waals surface area contributed by atoms with Gasteiger partial charge >= 0.3 is 0 Å². The number of primary amides is 1. The van der Waals surface area contributed by atoms with Gasteiger partial charge in [-0.05, 0) is 29.6 Å². The summed E-state index contributed by atoms with van der Waals surface area (Å²) in [5.74, 6) is -0.494. The van der Waals surface area contributed by atoms with Gasteiger partial charge in [-0.25, -0.2) is 0 Å². The van der Waals surface area contributed by atoms with Gasteiger partial charge in [-0.2, -0.15) is 0 Å². The summed E-state index contributed by atoms with van der Waals surface area (Å²) in [5.41, 5.74) is 11.7. The first-order valence-electron chi connectivity index (χ1n) is 4.57. The van der Waals surface area contributed by atoms with Crippen LogP contribution in [0.3, 0.4) is 0 Å². The van der Waals surface area contributed by atoms with Crippen molar-refractivity contribution in [1.82, 2.24) is 0 Å². The van der Waals surface area contributed by atoms with Crippen LogP contribution in [0, 0.1) is 0 Å². The normalized spacial score (nSPS) is 10.2. The summed E-state index contributed by atoms with van der Waals surface area (Å²) in [6.45, 7) is 0. The predicted molar refractivity (Wildman–Crippen MR) is 67.8 cm³/mol. The van der Waals surface area contributed by atoms with E-state index in [1.54, 1.807) is 35.2 Å². The molecule has 0 fully saturated rings. The van der Waals surface area contributed by atoms with E-state index < -0.39 is 5.91 Å². The van der Waals surface area contributed by atoms with Gasteiger partial charge in [0.05, 0.1) is 9.77 Å². The number of amides is 1. The molecule has 0 spiro atoms. The summed E-state index contributed by atoms with van der Waals surface area (Å²) in [7, 11) is 0. The molecule has 0 aliphatic heterocycles. The van der Waals surface area contributed by atoms with E-state index in [0.717, 1.165) is 4.90 Å². The zero-order valence-corrected chi connectivity index (χ0v) is 9.98. The van der Waals surface area contributed by atoms with Gasteiger partial charge in [-0.15, -0.1) is 11.3 Å². The van der Waals surface area contributed by atoms with E-state index in [0.29, 0.717) is 11.3 Å². The van der Waals surface area contributed by atoms with E-state index in [-0.39, 0.29) is 0 Å². The van der Waals surface area contributed by atoms with Crippen molar-refractivity contribution in [3.8, 4) is 0 Å². The van der Waals surface area contributed by atoms with Crippen LogP contribution in [0.2, 0.25) is 0 Å². The van der Waals surface area contributed by atoms with Gasteiger partial charge in [0.15, 0.2) is 0 Å². The molecular weight excluding hydrogens is 240 g/mol. The molecule has 2 rings (SSSR count). The zero-order valence-electron chi connectivity index (χ0n) is 8.34. The highest BCUT2D eigenvalue weighted by atomic mass is 32.2. The van der Waals surface area contributed by atoms with Crippen LogP contribution in [0.25, 0.3) is 0 Å². The molecule has 16 heavy (non-hydrogen) atoms. The summed E-state index contributed by atoms with van der Waals surface area (Å²) in [5, 5.41) is 2.01. The first-order valence-corrected chi connectivity index (χ1v) is 6.27. The molecule has 1 heterocycles. The van der Waals surface area contributed by atoms with E-state index >= 15 is 0 Å². The highest BCUT2D eigenvalue weighted by Crippen LogP contribution is 2.32. The smallest absolute Gasteiger partial charge is 0.250 e. The van der Waals surface area contributed by atoms with Crippen LogP contribution in [-0.2, 0) is 0 Å². The summed E-state index contributed by atoms with van der Waals surface area (Å²) in [4.78, 5) is 12.1. The number of hydrogen-bond donors (Lipinski definition) is 2. The van der Waals surface area contributed by atoms with Crippen molar-refractivity contribution < 1.29 is 4.79 Å². The number of benzene rings is 1.